The van der Waals surface area contributed by atoms with Gasteiger partial charge in [-0.2, -0.15) is 0 Å². The molecule has 0 unspecified atom stereocenters. The van der Waals surface area contributed by atoms with Gasteiger partial charge in [-0.15, -0.1) is 0 Å². The number of carbonyl (C=O) groups is 1. The number of carbonyl (C=O) groups excluding carboxylic acids is 1. The second-order valence-corrected chi connectivity index (χ2v) is 4.34. The maximum atomic E-state index is 11.4. The number of amides is 1. The smallest absolute Gasteiger partial charge is 0.219 e. The highest BCUT2D eigenvalue weighted by Crippen LogP contribution is 2.18. The fourth-order valence-corrected chi connectivity index (χ4v) is 2.14. The molecule has 0 spiro atoms. The molecule has 2 rings (SSSR count). The van der Waals surface area contributed by atoms with Crippen molar-refractivity contribution in [3.63, 3.8) is 0 Å². The Morgan fingerprint density at radius 2 is 2.11 bits per heavy atom. The summed E-state index contributed by atoms with van der Waals surface area (Å²) in [6, 6.07) is 8.12. The number of nitrogens with one attached hydrogen (secondary N) is 1. The fourth-order valence-electron chi connectivity index (χ4n) is 2.14. The van der Waals surface area contributed by atoms with Gasteiger partial charge in [-0.25, -0.2) is 0 Å². The van der Waals surface area contributed by atoms with Crippen LogP contribution in [0.15, 0.2) is 30.5 Å². The number of aromatic amines is 1. The number of hydrogen-bond donors (Lipinski definition) is 2. The zero-order chi connectivity index (χ0) is 13.0. The van der Waals surface area contributed by atoms with E-state index in [1.165, 1.54) is 17.9 Å². The zero-order valence-corrected chi connectivity index (χ0v) is 10.5. The molecule has 0 radical (unpaired) electrons. The van der Waals surface area contributed by atoms with E-state index >= 15 is 0 Å². The molecule has 2 N–H and O–H groups in total. The van der Waals surface area contributed by atoms with Crippen molar-refractivity contribution in [2.24, 2.45) is 0 Å². The van der Waals surface area contributed by atoms with Crippen molar-refractivity contribution in [1.82, 2.24) is 9.88 Å². The number of aliphatic hydroxyl groups excluding tert-OH is 1. The molecule has 0 aliphatic carbocycles. The van der Waals surface area contributed by atoms with E-state index in [2.05, 4.69) is 11.1 Å². The summed E-state index contributed by atoms with van der Waals surface area (Å²) in [5, 5.41) is 10.1. The van der Waals surface area contributed by atoms with E-state index in [9.17, 15) is 4.79 Å². The van der Waals surface area contributed by atoms with Crippen molar-refractivity contribution in [1.29, 1.82) is 0 Å². The first-order valence-corrected chi connectivity index (χ1v) is 6.13. The molecule has 1 amide bonds. The van der Waals surface area contributed by atoms with Crippen LogP contribution in [0.2, 0.25) is 0 Å². The number of nitrogens with zero attached hydrogens (tertiary/aromatic N) is 1. The largest absolute Gasteiger partial charge is 0.395 e. The summed E-state index contributed by atoms with van der Waals surface area (Å²) in [6.07, 6.45) is 2.78. The van der Waals surface area contributed by atoms with Crippen LogP contribution in [0.4, 0.5) is 0 Å². The Hall–Kier alpha value is -1.81. The van der Waals surface area contributed by atoms with Crippen LogP contribution < -0.4 is 0 Å². The van der Waals surface area contributed by atoms with Gasteiger partial charge < -0.3 is 15.0 Å². The van der Waals surface area contributed by atoms with Crippen molar-refractivity contribution in [2.75, 3.05) is 19.7 Å². The van der Waals surface area contributed by atoms with Crippen LogP contribution in [-0.2, 0) is 11.2 Å². The highest BCUT2D eigenvalue weighted by molar-refractivity contribution is 5.83. The van der Waals surface area contributed by atoms with Crippen LogP contribution in [0, 0.1) is 0 Å². The molecule has 4 nitrogen and oxygen atoms in total. The Kier molecular flexibility index (Phi) is 3.99. The van der Waals surface area contributed by atoms with Gasteiger partial charge in [0.25, 0.3) is 0 Å². The molecule has 4 heteroatoms. The molecule has 1 aromatic carbocycles. The van der Waals surface area contributed by atoms with Gasteiger partial charge in [-0.1, -0.05) is 18.2 Å². The molecule has 0 saturated carbocycles. The van der Waals surface area contributed by atoms with Crippen LogP contribution in [-0.4, -0.2) is 40.6 Å². The summed E-state index contributed by atoms with van der Waals surface area (Å²) in [5.74, 6) is 0.00360. The molecule has 0 aliphatic rings. The van der Waals surface area contributed by atoms with Crippen molar-refractivity contribution >= 4 is 16.8 Å². The summed E-state index contributed by atoms with van der Waals surface area (Å²) < 4.78 is 0. The molecule has 96 valence electrons. The summed E-state index contributed by atoms with van der Waals surface area (Å²) >= 11 is 0. The maximum absolute atomic E-state index is 11.4. The highest BCUT2D eigenvalue weighted by atomic mass is 16.3. The van der Waals surface area contributed by atoms with E-state index in [0.29, 0.717) is 13.1 Å². The van der Waals surface area contributed by atoms with Gasteiger partial charge in [0.2, 0.25) is 5.91 Å². The van der Waals surface area contributed by atoms with Gasteiger partial charge in [-0.3, -0.25) is 4.79 Å². The molecule has 1 aromatic heterocycles. The average Bonchev–Trinajstić information content (AvgIpc) is 2.77. The summed E-state index contributed by atoms with van der Waals surface area (Å²) in [4.78, 5) is 16.3. The van der Waals surface area contributed by atoms with Crippen molar-refractivity contribution in [3.05, 3.63) is 36.0 Å². The molecular weight excluding hydrogens is 228 g/mol. The molecule has 0 atom stereocenters. The number of H-pyrrole nitrogens is 1. The first-order valence-electron chi connectivity index (χ1n) is 6.13. The number of fused-ring (bicyclic) bond motifs is 1. The van der Waals surface area contributed by atoms with E-state index in [0.717, 1.165) is 11.9 Å². The monoisotopic (exact) mass is 246 g/mol. The van der Waals surface area contributed by atoms with Crippen molar-refractivity contribution in [3.8, 4) is 0 Å². The van der Waals surface area contributed by atoms with E-state index in [1.807, 2.05) is 24.4 Å². The molecular formula is C14H18N2O2. The van der Waals surface area contributed by atoms with Gasteiger partial charge in [0, 0.05) is 37.1 Å². The Balaban J connectivity index is 2.07. The zero-order valence-electron chi connectivity index (χ0n) is 10.5. The second-order valence-electron chi connectivity index (χ2n) is 4.34. The SMILES string of the molecule is CC(=O)N(CCO)CCc1c[nH]c2ccccc12. The van der Waals surface area contributed by atoms with E-state index in [4.69, 9.17) is 5.11 Å². The maximum Gasteiger partial charge on any atom is 0.219 e. The predicted octanol–water partition coefficient (Wildman–Crippen LogP) is 1.55. The molecule has 18 heavy (non-hydrogen) atoms. The Labute approximate surface area is 106 Å². The van der Waals surface area contributed by atoms with E-state index < -0.39 is 0 Å². The second kappa shape index (κ2) is 5.69. The summed E-state index contributed by atoms with van der Waals surface area (Å²) in [5.41, 5.74) is 2.32. The van der Waals surface area contributed by atoms with E-state index in [1.54, 1.807) is 4.90 Å². The molecule has 1 heterocycles. The third-order valence-corrected chi connectivity index (χ3v) is 3.14. The topological polar surface area (TPSA) is 56.3 Å². The van der Waals surface area contributed by atoms with Gasteiger partial charge in [0.05, 0.1) is 6.61 Å². The Morgan fingerprint density at radius 3 is 2.83 bits per heavy atom. The molecule has 0 fully saturated rings. The minimum absolute atomic E-state index is 0.00360. The lowest BCUT2D eigenvalue weighted by atomic mass is 10.1. The number of benzene rings is 1. The van der Waals surface area contributed by atoms with Gasteiger partial charge in [-0.05, 0) is 18.1 Å². The minimum Gasteiger partial charge on any atom is -0.395 e. The average molecular weight is 246 g/mol. The summed E-state index contributed by atoms with van der Waals surface area (Å²) in [6.45, 7) is 2.58. The highest BCUT2D eigenvalue weighted by Gasteiger charge is 2.09. The van der Waals surface area contributed by atoms with Crippen LogP contribution in [0.5, 0.6) is 0 Å². The predicted molar refractivity (Wildman–Crippen MR) is 71.3 cm³/mol. The normalized spacial score (nSPS) is 10.8. The third kappa shape index (κ3) is 2.71. The fraction of sp³-hybridized carbons (Fsp3) is 0.357. The molecule has 0 saturated heterocycles. The molecule has 2 aromatic rings. The van der Waals surface area contributed by atoms with Crippen LogP contribution in [0.3, 0.4) is 0 Å². The molecule has 0 bridgehead atoms. The quantitative estimate of drug-likeness (QED) is 0.841. The molecule has 0 aliphatic heterocycles. The Bertz CT molecular complexity index is 533. The number of rotatable bonds is 5. The lowest BCUT2D eigenvalue weighted by Gasteiger charge is -2.19. The first kappa shape index (κ1) is 12.6. The van der Waals surface area contributed by atoms with Crippen LogP contribution in [0.1, 0.15) is 12.5 Å². The van der Waals surface area contributed by atoms with E-state index in [-0.39, 0.29) is 12.5 Å². The summed E-state index contributed by atoms with van der Waals surface area (Å²) in [7, 11) is 0. The number of aromatic nitrogens is 1. The number of hydrogen-bond acceptors (Lipinski definition) is 2. The standard InChI is InChI=1S/C14H18N2O2/c1-11(18)16(8-9-17)7-6-12-10-15-14-5-3-2-4-13(12)14/h2-5,10,15,17H,6-9H2,1H3. The lowest BCUT2D eigenvalue weighted by Crippen LogP contribution is -2.33. The first-order chi connectivity index (χ1) is 8.72. The van der Waals surface area contributed by atoms with Gasteiger partial charge >= 0.3 is 0 Å². The van der Waals surface area contributed by atoms with Crippen LogP contribution in [0.25, 0.3) is 10.9 Å². The number of aliphatic hydroxyl groups is 1. The van der Waals surface area contributed by atoms with Gasteiger partial charge in [0.1, 0.15) is 0 Å². The minimum atomic E-state index is 0.00360. The lowest BCUT2D eigenvalue weighted by molar-refractivity contribution is -0.129. The van der Waals surface area contributed by atoms with Crippen molar-refractivity contribution < 1.29 is 9.90 Å². The van der Waals surface area contributed by atoms with Crippen molar-refractivity contribution in [2.45, 2.75) is 13.3 Å². The third-order valence-electron chi connectivity index (χ3n) is 3.14. The number of para-hydroxylation sites is 1. The van der Waals surface area contributed by atoms with Crippen LogP contribution >= 0.6 is 0 Å². The Morgan fingerprint density at radius 1 is 1.33 bits per heavy atom. The van der Waals surface area contributed by atoms with Gasteiger partial charge in [0.15, 0.2) is 0 Å².